The number of carbonyl (C=O) groups excluding carboxylic acids is 1. The van der Waals surface area contributed by atoms with Gasteiger partial charge >= 0.3 is 5.97 Å². The van der Waals surface area contributed by atoms with Crippen molar-refractivity contribution in [3.63, 3.8) is 0 Å². The summed E-state index contributed by atoms with van der Waals surface area (Å²) in [5.41, 5.74) is 1.53. The molecule has 1 aliphatic heterocycles. The molecule has 0 unspecified atom stereocenters. The van der Waals surface area contributed by atoms with Gasteiger partial charge in [0, 0.05) is 12.8 Å². The van der Waals surface area contributed by atoms with Crippen LogP contribution in [0.3, 0.4) is 0 Å². The molecule has 1 aliphatic rings. The third kappa shape index (κ3) is 5.37. The lowest BCUT2D eigenvalue weighted by Crippen LogP contribution is -2.24. The summed E-state index contributed by atoms with van der Waals surface area (Å²) < 4.78 is 11.6. The van der Waals surface area contributed by atoms with Crippen LogP contribution in [-0.2, 0) is 11.2 Å². The highest BCUT2D eigenvalue weighted by molar-refractivity contribution is 5.91. The summed E-state index contributed by atoms with van der Waals surface area (Å²) >= 11 is 0. The number of hydrogen-bond acceptors (Lipinski definition) is 4. The van der Waals surface area contributed by atoms with Crippen LogP contribution in [0.1, 0.15) is 75.3 Å². The molecule has 3 atom stereocenters. The van der Waals surface area contributed by atoms with Crippen molar-refractivity contribution in [3.05, 3.63) is 47.5 Å². The molecule has 0 aliphatic carbocycles. The van der Waals surface area contributed by atoms with Crippen molar-refractivity contribution in [3.8, 4) is 11.8 Å². The Morgan fingerprint density at radius 3 is 2.52 bits per heavy atom. The Hall–Kier alpha value is -2.25. The summed E-state index contributed by atoms with van der Waals surface area (Å²) in [6, 6.07) is 1.67. The first-order valence-corrected chi connectivity index (χ1v) is 9.32. The Balaban J connectivity index is 2.56. The van der Waals surface area contributed by atoms with E-state index in [1.54, 1.807) is 6.07 Å². The minimum Gasteiger partial charge on any atom is -0.464 e. The van der Waals surface area contributed by atoms with Crippen LogP contribution < -0.4 is 0 Å². The van der Waals surface area contributed by atoms with E-state index in [-0.39, 0.29) is 5.92 Å². The Morgan fingerprint density at radius 1 is 1.30 bits per heavy atom. The van der Waals surface area contributed by atoms with E-state index >= 15 is 0 Å². The number of ether oxygens (including phenoxy) is 1. The molecule has 2 rings (SSSR count). The molecule has 0 amide bonds. The Morgan fingerprint density at radius 2 is 1.96 bits per heavy atom. The lowest BCUT2D eigenvalue weighted by atomic mass is 9.89. The maximum Gasteiger partial charge on any atom is 0.342 e. The van der Waals surface area contributed by atoms with Gasteiger partial charge < -0.3 is 14.3 Å². The van der Waals surface area contributed by atoms with Crippen LogP contribution in [0.2, 0.25) is 0 Å². The SMILES string of the molecule is C=C(C)[C@@H]1CCC#C[C@H](O)[C@@H](C(=C)C)c2cc(C(=O)OC(C)(C)C)c(o2)C1. The van der Waals surface area contributed by atoms with Crippen molar-refractivity contribution in [2.75, 3.05) is 0 Å². The molecule has 2 heterocycles. The van der Waals surface area contributed by atoms with Crippen LogP contribution in [0.15, 0.2) is 34.8 Å². The lowest BCUT2D eigenvalue weighted by molar-refractivity contribution is 0.00670. The van der Waals surface area contributed by atoms with Crippen LogP contribution in [0, 0.1) is 17.8 Å². The molecule has 0 aromatic carbocycles. The molecule has 4 nitrogen and oxygen atoms in total. The second-order valence-electron chi connectivity index (χ2n) is 8.36. The van der Waals surface area contributed by atoms with Crippen LogP contribution in [0.25, 0.3) is 0 Å². The summed E-state index contributed by atoms with van der Waals surface area (Å²) in [5, 5.41) is 10.6. The third-order valence-corrected chi connectivity index (χ3v) is 4.60. The van der Waals surface area contributed by atoms with Gasteiger partial charge in [-0.1, -0.05) is 30.2 Å². The van der Waals surface area contributed by atoms with Crippen molar-refractivity contribution in [1.29, 1.82) is 0 Å². The fourth-order valence-corrected chi connectivity index (χ4v) is 3.18. The standard InChI is InChI=1S/C23H30O4/c1-14(2)16-10-8-9-11-18(24)21(15(3)4)20-13-17(19(12-16)26-20)22(25)27-23(5,6)7/h13,16,18,21,24H,1,3,8,10,12H2,2,4-7H3/t16-,18+,21-/m1/s1. The number of esters is 1. The Bertz CT molecular complexity index is 795. The van der Waals surface area contributed by atoms with Crippen molar-refractivity contribution >= 4 is 5.97 Å². The van der Waals surface area contributed by atoms with Gasteiger partial charge in [0.1, 0.15) is 28.8 Å². The largest absolute Gasteiger partial charge is 0.464 e. The van der Waals surface area contributed by atoms with Gasteiger partial charge in [-0.25, -0.2) is 4.79 Å². The molecule has 2 bridgehead atoms. The molecule has 27 heavy (non-hydrogen) atoms. The normalized spacial score (nSPS) is 22.8. The number of hydrogen-bond donors (Lipinski definition) is 1. The van der Waals surface area contributed by atoms with Gasteiger partial charge in [0.25, 0.3) is 0 Å². The van der Waals surface area contributed by atoms with Gasteiger partial charge in [-0.05, 0) is 53.0 Å². The van der Waals surface area contributed by atoms with E-state index in [9.17, 15) is 9.90 Å². The van der Waals surface area contributed by atoms with Gasteiger partial charge in [-0.15, -0.1) is 5.92 Å². The molecule has 4 heteroatoms. The van der Waals surface area contributed by atoms with Crippen LogP contribution >= 0.6 is 0 Å². The van der Waals surface area contributed by atoms with Crippen LogP contribution in [-0.4, -0.2) is 22.8 Å². The van der Waals surface area contributed by atoms with Crippen LogP contribution in [0.5, 0.6) is 0 Å². The molecular formula is C23H30O4. The summed E-state index contributed by atoms with van der Waals surface area (Å²) in [6.45, 7) is 17.3. The summed E-state index contributed by atoms with van der Waals surface area (Å²) in [7, 11) is 0. The smallest absolute Gasteiger partial charge is 0.342 e. The average molecular weight is 370 g/mol. The minimum absolute atomic E-state index is 0.137. The maximum absolute atomic E-state index is 12.8. The van der Waals surface area contributed by atoms with Gasteiger partial charge in [0.05, 0.1) is 5.92 Å². The Labute approximate surface area is 162 Å². The second kappa shape index (κ2) is 8.19. The molecule has 1 aromatic heterocycles. The van der Waals surface area contributed by atoms with Gasteiger partial charge in [0.15, 0.2) is 0 Å². The number of rotatable bonds is 3. The third-order valence-electron chi connectivity index (χ3n) is 4.60. The Kier molecular flexibility index (Phi) is 6.38. The van der Waals surface area contributed by atoms with Gasteiger partial charge in [-0.2, -0.15) is 0 Å². The highest BCUT2D eigenvalue weighted by Gasteiger charge is 2.31. The molecule has 1 aromatic rings. The molecule has 0 spiro atoms. The van der Waals surface area contributed by atoms with E-state index in [2.05, 4.69) is 25.0 Å². The number of aliphatic hydroxyl groups is 1. The summed E-state index contributed by atoms with van der Waals surface area (Å²) in [6.07, 6.45) is 1.04. The summed E-state index contributed by atoms with van der Waals surface area (Å²) in [5.74, 6) is 6.22. The van der Waals surface area contributed by atoms with E-state index < -0.39 is 23.6 Å². The number of allylic oxidation sites excluding steroid dienone is 1. The summed E-state index contributed by atoms with van der Waals surface area (Å²) in [4.78, 5) is 12.8. The first-order valence-electron chi connectivity index (χ1n) is 9.32. The minimum atomic E-state index is -0.936. The fourth-order valence-electron chi connectivity index (χ4n) is 3.18. The molecule has 146 valence electrons. The monoisotopic (exact) mass is 370 g/mol. The molecular weight excluding hydrogens is 340 g/mol. The zero-order valence-electron chi connectivity index (χ0n) is 17.0. The van der Waals surface area contributed by atoms with E-state index in [1.165, 1.54) is 0 Å². The zero-order chi connectivity index (χ0) is 20.4. The molecule has 0 saturated heterocycles. The number of furan rings is 1. The van der Waals surface area contributed by atoms with Crippen molar-refractivity contribution < 1.29 is 19.1 Å². The van der Waals surface area contributed by atoms with Crippen molar-refractivity contribution in [2.24, 2.45) is 5.92 Å². The molecule has 0 saturated carbocycles. The molecule has 0 fully saturated rings. The number of carbonyl (C=O) groups is 1. The van der Waals surface area contributed by atoms with E-state index in [0.29, 0.717) is 29.9 Å². The lowest BCUT2D eigenvalue weighted by Gasteiger charge is -2.20. The van der Waals surface area contributed by atoms with Crippen molar-refractivity contribution in [1.82, 2.24) is 0 Å². The predicted octanol–water partition coefficient (Wildman–Crippen LogP) is 4.79. The highest BCUT2D eigenvalue weighted by atomic mass is 16.6. The maximum atomic E-state index is 12.8. The number of fused-ring (bicyclic) bond motifs is 2. The van der Waals surface area contributed by atoms with E-state index in [0.717, 1.165) is 17.6 Å². The first-order chi connectivity index (χ1) is 12.5. The average Bonchev–Trinajstić information content (AvgIpc) is 2.89. The highest BCUT2D eigenvalue weighted by Crippen LogP contribution is 2.34. The van der Waals surface area contributed by atoms with Crippen LogP contribution in [0.4, 0.5) is 0 Å². The van der Waals surface area contributed by atoms with Gasteiger partial charge in [0.2, 0.25) is 0 Å². The molecule has 1 N–H and O–H groups in total. The fraction of sp³-hybridized carbons (Fsp3) is 0.522. The topological polar surface area (TPSA) is 59.7 Å². The second-order valence-corrected chi connectivity index (χ2v) is 8.36. The first kappa shape index (κ1) is 21.1. The van der Waals surface area contributed by atoms with Crippen molar-refractivity contribution in [2.45, 2.75) is 71.5 Å². The predicted molar refractivity (Wildman–Crippen MR) is 106 cm³/mol. The van der Waals surface area contributed by atoms with Gasteiger partial charge in [-0.3, -0.25) is 0 Å². The molecule has 0 radical (unpaired) electrons. The zero-order valence-corrected chi connectivity index (χ0v) is 17.0. The number of aliphatic hydroxyl groups excluding tert-OH is 1. The van der Waals surface area contributed by atoms with E-state index in [4.69, 9.17) is 9.15 Å². The quantitative estimate of drug-likeness (QED) is 0.472. The van der Waals surface area contributed by atoms with E-state index in [1.807, 2.05) is 34.6 Å².